The smallest absolute Gasteiger partial charge is 0.261 e. The molecule has 3 rings (SSSR count). The molecule has 31 heavy (non-hydrogen) atoms. The number of thiophene rings is 1. The molecule has 0 aliphatic carbocycles. The fraction of sp³-hybridized carbons (Fsp3) is 0.409. The van der Waals surface area contributed by atoms with E-state index in [0.29, 0.717) is 24.5 Å². The number of aromatic nitrogens is 2. The van der Waals surface area contributed by atoms with E-state index < -0.39 is 10.0 Å². The molecule has 0 saturated heterocycles. The number of carbonyl (C=O) groups is 1. The highest BCUT2D eigenvalue weighted by Crippen LogP contribution is 2.31. The molecule has 1 amide bonds. The van der Waals surface area contributed by atoms with Crippen molar-refractivity contribution in [1.82, 2.24) is 19.6 Å². The Kier molecular flexibility index (Phi) is 7.08. The highest BCUT2D eigenvalue weighted by atomic mass is 32.2. The average Bonchev–Trinajstić information content (AvgIpc) is 3.09. The van der Waals surface area contributed by atoms with Crippen molar-refractivity contribution in [1.29, 1.82) is 0 Å². The third-order valence-electron chi connectivity index (χ3n) is 5.26. The Morgan fingerprint density at radius 3 is 2.29 bits per heavy atom. The molecule has 1 N–H and O–H groups in total. The molecule has 2 heterocycles. The number of nitrogens with one attached hydrogen (secondary N) is 1. The first kappa shape index (κ1) is 23.3. The maximum Gasteiger partial charge on any atom is 0.261 e. The summed E-state index contributed by atoms with van der Waals surface area (Å²) >= 11 is 1.38. The summed E-state index contributed by atoms with van der Waals surface area (Å²) in [5, 5.41) is 3.87. The Bertz CT molecular complexity index is 1200. The minimum atomic E-state index is -3.49. The molecule has 0 radical (unpaired) electrons. The second-order valence-electron chi connectivity index (χ2n) is 7.23. The van der Waals surface area contributed by atoms with Crippen LogP contribution >= 0.6 is 11.3 Å². The van der Waals surface area contributed by atoms with Crippen LogP contribution in [0.25, 0.3) is 10.2 Å². The highest BCUT2D eigenvalue weighted by Gasteiger charge is 2.22. The first-order valence-corrected chi connectivity index (χ1v) is 12.6. The molecular weight excluding hydrogens is 432 g/mol. The van der Waals surface area contributed by atoms with Gasteiger partial charge in [0.1, 0.15) is 10.7 Å². The number of benzene rings is 1. The molecule has 0 bridgehead atoms. The van der Waals surface area contributed by atoms with Gasteiger partial charge in [-0.3, -0.25) is 4.79 Å². The summed E-state index contributed by atoms with van der Waals surface area (Å²) in [6, 6.07) is 6.64. The van der Waals surface area contributed by atoms with E-state index in [-0.39, 0.29) is 10.8 Å². The lowest BCUT2D eigenvalue weighted by molar-refractivity contribution is 0.0954. The van der Waals surface area contributed by atoms with Crippen LogP contribution in [-0.2, 0) is 23.0 Å². The Balaban J connectivity index is 1.75. The summed E-state index contributed by atoms with van der Waals surface area (Å²) in [6.45, 7) is 10.7. The number of rotatable bonds is 8. The van der Waals surface area contributed by atoms with Crippen molar-refractivity contribution >= 4 is 37.5 Å². The van der Waals surface area contributed by atoms with E-state index in [2.05, 4.69) is 15.3 Å². The van der Waals surface area contributed by atoms with Crippen molar-refractivity contribution in [2.24, 2.45) is 0 Å². The Morgan fingerprint density at radius 1 is 1.06 bits per heavy atom. The van der Waals surface area contributed by atoms with E-state index in [9.17, 15) is 13.2 Å². The monoisotopic (exact) mass is 460 g/mol. The maximum absolute atomic E-state index is 12.8. The topological polar surface area (TPSA) is 92.3 Å². The fourth-order valence-corrected chi connectivity index (χ4v) is 6.15. The van der Waals surface area contributed by atoms with Crippen molar-refractivity contribution in [3.05, 3.63) is 51.8 Å². The van der Waals surface area contributed by atoms with Crippen molar-refractivity contribution in [3.63, 3.8) is 0 Å². The molecule has 2 aromatic heterocycles. The van der Waals surface area contributed by atoms with Crippen molar-refractivity contribution in [2.75, 3.05) is 13.1 Å². The third kappa shape index (κ3) is 4.63. The van der Waals surface area contributed by atoms with Crippen LogP contribution in [0.1, 0.15) is 53.1 Å². The van der Waals surface area contributed by atoms with Crippen LogP contribution in [-0.4, -0.2) is 41.7 Å². The lowest BCUT2D eigenvalue weighted by Crippen LogP contribution is -2.30. The van der Waals surface area contributed by atoms with Crippen LogP contribution in [0, 0.1) is 13.8 Å². The van der Waals surface area contributed by atoms with E-state index >= 15 is 0 Å². The van der Waals surface area contributed by atoms with Crippen molar-refractivity contribution < 1.29 is 13.2 Å². The second kappa shape index (κ2) is 9.42. The molecule has 0 unspecified atom stereocenters. The minimum absolute atomic E-state index is 0.169. The molecular formula is C22H28N4O3S2. The fourth-order valence-electron chi connectivity index (χ4n) is 3.52. The molecule has 0 fully saturated rings. The van der Waals surface area contributed by atoms with Crippen LogP contribution in [0.15, 0.2) is 29.2 Å². The van der Waals surface area contributed by atoms with E-state index in [1.807, 2.05) is 34.6 Å². The van der Waals surface area contributed by atoms with Gasteiger partial charge < -0.3 is 5.32 Å². The number of hydrogen-bond acceptors (Lipinski definition) is 6. The number of nitrogens with zero attached hydrogens (tertiary/aromatic N) is 3. The Labute approximate surface area is 187 Å². The average molecular weight is 461 g/mol. The molecule has 0 aliphatic heterocycles. The summed E-state index contributed by atoms with van der Waals surface area (Å²) in [6.07, 6.45) is 0.745. The zero-order chi connectivity index (χ0) is 22.8. The Hall–Kier alpha value is -2.36. The first-order valence-electron chi connectivity index (χ1n) is 10.4. The molecule has 7 nitrogen and oxygen atoms in total. The summed E-state index contributed by atoms with van der Waals surface area (Å²) in [7, 11) is -3.49. The lowest BCUT2D eigenvalue weighted by Gasteiger charge is -2.18. The molecule has 0 saturated carbocycles. The van der Waals surface area contributed by atoms with E-state index in [1.165, 1.54) is 15.6 Å². The van der Waals surface area contributed by atoms with Gasteiger partial charge in [-0.25, -0.2) is 18.4 Å². The lowest BCUT2D eigenvalue weighted by atomic mass is 10.1. The van der Waals surface area contributed by atoms with Crippen molar-refractivity contribution in [3.8, 4) is 0 Å². The zero-order valence-corrected chi connectivity index (χ0v) is 20.2. The molecule has 0 aliphatic rings. The van der Waals surface area contributed by atoms with Crippen LogP contribution in [0.2, 0.25) is 0 Å². The van der Waals surface area contributed by atoms with Crippen LogP contribution in [0.4, 0.5) is 0 Å². The molecule has 1 aromatic carbocycles. The molecule has 0 atom stereocenters. The SMILES string of the molecule is CCc1nc(C)c2c(C)c(C(=O)NCc3ccc(S(=O)(=O)N(CC)CC)cc3)sc2n1. The maximum atomic E-state index is 12.8. The Morgan fingerprint density at radius 2 is 1.71 bits per heavy atom. The molecule has 166 valence electrons. The summed E-state index contributed by atoms with van der Waals surface area (Å²) in [4.78, 5) is 23.6. The van der Waals surface area contributed by atoms with Gasteiger partial charge >= 0.3 is 0 Å². The van der Waals surface area contributed by atoms with E-state index in [1.54, 1.807) is 24.3 Å². The second-order valence-corrected chi connectivity index (χ2v) is 10.2. The van der Waals surface area contributed by atoms with Gasteiger partial charge in [0, 0.05) is 37.1 Å². The number of amides is 1. The largest absolute Gasteiger partial charge is 0.347 e. The highest BCUT2D eigenvalue weighted by molar-refractivity contribution is 7.89. The molecule has 0 spiro atoms. The quantitative estimate of drug-likeness (QED) is 0.551. The van der Waals surface area contributed by atoms with Gasteiger partial charge in [0.25, 0.3) is 5.91 Å². The van der Waals surface area contributed by atoms with Crippen LogP contribution < -0.4 is 5.32 Å². The number of hydrogen-bond donors (Lipinski definition) is 1. The zero-order valence-electron chi connectivity index (χ0n) is 18.5. The minimum Gasteiger partial charge on any atom is -0.347 e. The summed E-state index contributed by atoms with van der Waals surface area (Å²) in [5.74, 6) is 0.607. The van der Waals surface area contributed by atoms with E-state index in [4.69, 9.17) is 0 Å². The predicted molar refractivity (Wildman–Crippen MR) is 124 cm³/mol. The standard InChI is InChI=1S/C22H28N4O3S2/c1-6-18-24-15(5)19-14(4)20(30-22(19)25-18)21(27)23-13-16-9-11-17(12-10-16)31(28,29)26(7-2)8-3/h9-12H,6-8,13H2,1-5H3,(H,23,27). The van der Waals surface area contributed by atoms with E-state index in [0.717, 1.165) is 39.3 Å². The van der Waals surface area contributed by atoms with Gasteiger partial charge in [-0.2, -0.15) is 4.31 Å². The number of sulfonamides is 1. The van der Waals surface area contributed by atoms with Gasteiger partial charge in [-0.15, -0.1) is 11.3 Å². The summed E-state index contributed by atoms with van der Waals surface area (Å²) in [5.41, 5.74) is 2.60. The van der Waals surface area contributed by atoms with Crippen LogP contribution in [0.3, 0.4) is 0 Å². The van der Waals surface area contributed by atoms with Gasteiger partial charge in [0.15, 0.2) is 0 Å². The number of aryl methyl sites for hydroxylation is 3. The molecule has 9 heteroatoms. The van der Waals surface area contributed by atoms with Gasteiger partial charge in [-0.05, 0) is 37.1 Å². The summed E-state index contributed by atoms with van der Waals surface area (Å²) < 4.78 is 26.6. The third-order valence-corrected chi connectivity index (χ3v) is 8.51. The van der Waals surface area contributed by atoms with Gasteiger partial charge in [-0.1, -0.05) is 32.9 Å². The van der Waals surface area contributed by atoms with Crippen LogP contribution in [0.5, 0.6) is 0 Å². The van der Waals surface area contributed by atoms with Crippen molar-refractivity contribution in [2.45, 2.75) is 52.5 Å². The van der Waals surface area contributed by atoms with Gasteiger partial charge in [0.05, 0.1) is 9.77 Å². The number of fused-ring (bicyclic) bond motifs is 1. The number of carbonyl (C=O) groups excluding carboxylic acids is 1. The molecule has 3 aromatic rings. The normalized spacial score (nSPS) is 11.9. The van der Waals surface area contributed by atoms with Gasteiger partial charge in [0.2, 0.25) is 10.0 Å². The first-order chi connectivity index (χ1) is 14.7. The predicted octanol–water partition coefficient (Wildman–Crippen LogP) is 3.83.